The fraction of sp³-hybridized carbons (Fsp3) is 0.391. The van der Waals surface area contributed by atoms with E-state index in [1.165, 1.54) is 16.7 Å². The van der Waals surface area contributed by atoms with E-state index in [1.807, 2.05) is 31.2 Å². The van der Waals surface area contributed by atoms with Crippen LogP contribution in [0.15, 0.2) is 48.5 Å². The molecule has 1 N–H and O–H groups in total. The molecule has 0 bridgehead atoms. The molecule has 2 aliphatic carbocycles. The summed E-state index contributed by atoms with van der Waals surface area (Å²) in [6, 6.07) is 16.6. The van der Waals surface area contributed by atoms with Crippen LogP contribution in [0.3, 0.4) is 0 Å². The molecule has 4 rings (SSSR count). The van der Waals surface area contributed by atoms with Crippen molar-refractivity contribution < 1.29 is 14.7 Å². The first-order valence-corrected chi connectivity index (χ1v) is 9.23. The Kier molecular flexibility index (Phi) is 5.26. The fourth-order valence-electron chi connectivity index (χ4n) is 3.48. The smallest absolute Gasteiger partial charge is 0.307 e. The predicted molar refractivity (Wildman–Crippen MR) is 102 cm³/mol. The third-order valence-corrected chi connectivity index (χ3v) is 5.43. The second-order valence-electron chi connectivity index (χ2n) is 7.67. The number of rotatable bonds is 4. The number of aliphatic carboxylic acids is 1. The van der Waals surface area contributed by atoms with Crippen molar-refractivity contribution >= 4 is 11.8 Å². The number of carbonyl (C=O) groups is 2. The Labute approximate surface area is 155 Å². The lowest BCUT2D eigenvalue weighted by Crippen LogP contribution is -1.98. The molecule has 0 unspecified atom stereocenters. The predicted octanol–water partition coefficient (Wildman–Crippen LogP) is 4.87. The van der Waals surface area contributed by atoms with Gasteiger partial charge in [0.15, 0.2) is 0 Å². The Hall–Kier alpha value is -2.42. The first-order valence-electron chi connectivity index (χ1n) is 9.23. The van der Waals surface area contributed by atoms with E-state index in [0.717, 1.165) is 18.4 Å². The minimum Gasteiger partial charge on any atom is -0.481 e. The second kappa shape index (κ2) is 7.45. The summed E-state index contributed by atoms with van der Waals surface area (Å²) in [6.07, 6.45) is 1.86. The van der Waals surface area contributed by atoms with Gasteiger partial charge >= 0.3 is 5.97 Å². The van der Waals surface area contributed by atoms with E-state index in [4.69, 9.17) is 5.11 Å². The number of hydrogen-bond donors (Lipinski definition) is 1. The molecule has 0 saturated heterocycles. The van der Waals surface area contributed by atoms with E-state index in [2.05, 4.69) is 31.2 Å². The van der Waals surface area contributed by atoms with Crippen LogP contribution in [0, 0.1) is 25.7 Å². The Morgan fingerprint density at radius 2 is 1.15 bits per heavy atom. The zero-order chi connectivity index (χ0) is 18.8. The number of hydrogen-bond acceptors (Lipinski definition) is 2. The lowest BCUT2D eigenvalue weighted by atomic mass is 10.1. The van der Waals surface area contributed by atoms with Crippen LogP contribution in [0.25, 0.3) is 0 Å². The summed E-state index contributed by atoms with van der Waals surface area (Å²) in [5, 5.41) is 8.74. The van der Waals surface area contributed by atoms with Gasteiger partial charge in [-0.2, -0.15) is 0 Å². The third kappa shape index (κ3) is 4.40. The molecule has 0 spiro atoms. The van der Waals surface area contributed by atoms with Crippen molar-refractivity contribution in [1.82, 2.24) is 0 Å². The highest BCUT2D eigenvalue weighted by atomic mass is 16.4. The van der Waals surface area contributed by atoms with Gasteiger partial charge in [-0.15, -0.1) is 0 Å². The molecule has 0 aliphatic heterocycles. The van der Waals surface area contributed by atoms with Crippen molar-refractivity contribution in [2.45, 2.75) is 45.4 Å². The highest BCUT2D eigenvalue weighted by Crippen LogP contribution is 2.48. The van der Waals surface area contributed by atoms with E-state index in [1.54, 1.807) is 6.92 Å². The minimum atomic E-state index is -0.662. The van der Waals surface area contributed by atoms with E-state index in [-0.39, 0.29) is 11.8 Å². The van der Waals surface area contributed by atoms with Gasteiger partial charge in [0.1, 0.15) is 5.78 Å². The van der Waals surface area contributed by atoms with Gasteiger partial charge in [-0.1, -0.05) is 59.7 Å². The average molecular weight is 350 g/mol. The van der Waals surface area contributed by atoms with Crippen molar-refractivity contribution in [3.8, 4) is 0 Å². The van der Waals surface area contributed by atoms with Gasteiger partial charge in [0.2, 0.25) is 0 Å². The number of carbonyl (C=O) groups excluding carboxylic acids is 1. The summed E-state index contributed by atoms with van der Waals surface area (Å²) in [4.78, 5) is 21.7. The van der Waals surface area contributed by atoms with Gasteiger partial charge in [-0.25, -0.2) is 0 Å². The molecule has 2 aromatic rings. The summed E-state index contributed by atoms with van der Waals surface area (Å²) in [5.41, 5.74) is 4.99. The van der Waals surface area contributed by atoms with E-state index in [9.17, 15) is 9.59 Å². The first kappa shape index (κ1) is 18.4. The molecular formula is C23H26O3. The fourth-order valence-corrected chi connectivity index (χ4v) is 3.48. The first-order chi connectivity index (χ1) is 12.4. The Morgan fingerprint density at radius 1 is 0.769 bits per heavy atom. The molecular weight excluding hydrogens is 324 g/mol. The van der Waals surface area contributed by atoms with Gasteiger partial charge in [-0.05, 0) is 56.6 Å². The Morgan fingerprint density at radius 3 is 1.46 bits per heavy atom. The largest absolute Gasteiger partial charge is 0.481 e. The molecule has 2 aromatic carbocycles. The van der Waals surface area contributed by atoms with Crippen molar-refractivity contribution in [3.63, 3.8) is 0 Å². The maximum Gasteiger partial charge on any atom is 0.307 e. The zero-order valence-electron chi connectivity index (χ0n) is 15.6. The second-order valence-corrected chi connectivity index (χ2v) is 7.67. The average Bonchev–Trinajstić information content (AvgIpc) is 3.49. The quantitative estimate of drug-likeness (QED) is 0.856. The molecule has 0 aromatic heterocycles. The highest BCUT2D eigenvalue weighted by molar-refractivity contribution is 5.82. The van der Waals surface area contributed by atoms with Crippen LogP contribution in [-0.4, -0.2) is 16.9 Å². The van der Waals surface area contributed by atoms with E-state index in [0.29, 0.717) is 17.6 Å². The van der Waals surface area contributed by atoms with Crippen molar-refractivity contribution in [2.75, 3.05) is 0 Å². The van der Waals surface area contributed by atoms with Gasteiger partial charge in [0.25, 0.3) is 0 Å². The summed E-state index contributed by atoms with van der Waals surface area (Å²) in [7, 11) is 0. The summed E-state index contributed by atoms with van der Waals surface area (Å²) in [6.45, 7) is 5.81. The number of Topliss-reactive ketones (excluding diaryl/α,β-unsaturated/α-hetero) is 1. The van der Waals surface area contributed by atoms with Gasteiger partial charge in [0, 0.05) is 5.92 Å². The molecule has 0 amide bonds. The topological polar surface area (TPSA) is 54.4 Å². The highest BCUT2D eigenvalue weighted by Gasteiger charge is 2.44. The summed E-state index contributed by atoms with van der Waals surface area (Å²) < 4.78 is 0. The van der Waals surface area contributed by atoms with Crippen molar-refractivity contribution in [2.24, 2.45) is 11.8 Å². The lowest BCUT2D eigenvalue weighted by Gasteiger charge is -1.98. The Balaban J connectivity index is 0.000000151. The van der Waals surface area contributed by atoms with Gasteiger partial charge in [-0.3, -0.25) is 9.59 Å². The standard InChI is InChI=1S/C12H14O.C11H12O2/c1-8-3-5-10(6-4-8)12-7-11(12)9(2)13;1-7-2-4-8(5-3-7)9-6-10(9)11(12)13/h3-6,11-12H,7H2,1-2H3;2-5,9-10H,6H2,1H3,(H,12,13)/t11-,12-;9-,10+/m11/s1. The van der Waals surface area contributed by atoms with Crippen LogP contribution in [0.1, 0.15) is 53.9 Å². The number of carboxylic acid groups (broad SMARTS) is 1. The van der Waals surface area contributed by atoms with Crippen LogP contribution in [0.5, 0.6) is 0 Å². The van der Waals surface area contributed by atoms with Crippen molar-refractivity contribution in [3.05, 3.63) is 70.8 Å². The Bertz CT molecular complexity index is 720. The van der Waals surface area contributed by atoms with Gasteiger partial charge < -0.3 is 5.11 Å². The maximum atomic E-state index is 11.1. The van der Waals surface area contributed by atoms with Crippen molar-refractivity contribution in [1.29, 1.82) is 0 Å². The molecule has 136 valence electrons. The van der Waals surface area contributed by atoms with E-state index >= 15 is 0 Å². The minimum absolute atomic E-state index is 0.136. The molecule has 2 saturated carbocycles. The maximum absolute atomic E-state index is 11.1. The molecule has 0 radical (unpaired) electrons. The molecule has 3 nitrogen and oxygen atoms in total. The number of aryl methyl sites for hydroxylation is 2. The van der Waals surface area contributed by atoms with Crippen LogP contribution in [-0.2, 0) is 9.59 Å². The molecule has 2 aliphatic rings. The summed E-state index contributed by atoms with van der Waals surface area (Å²) >= 11 is 0. The lowest BCUT2D eigenvalue weighted by molar-refractivity contribution is -0.138. The summed E-state index contributed by atoms with van der Waals surface area (Å²) in [5.74, 6) is 0.623. The molecule has 4 atom stereocenters. The monoisotopic (exact) mass is 350 g/mol. The molecule has 2 fully saturated rings. The number of ketones is 1. The van der Waals surface area contributed by atoms with Gasteiger partial charge in [0.05, 0.1) is 5.92 Å². The third-order valence-electron chi connectivity index (χ3n) is 5.43. The zero-order valence-corrected chi connectivity index (χ0v) is 15.6. The van der Waals surface area contributed by atoms with E-state index < -0.39 is 5.97 Å². The number of carboxylic acids is 1. The SMILES string of the molecule is CC(=O)[C@H]1C[C@@H]1c1ccc(C)cc1.Cc1ccc([C@H]2C[C@@H]2C(=O)O)cc1. The number of benzene rings is 2. The van der Waals surface area contributed by atoms with Crippen LogP contribution < -0.4 is 0 Å². The van der Waals surface area contributed by atoms with Crippen LogP contribution >= 0.6 is 0 Å². The van der Waals surface area contributed by atoms with Crippen LogP contribution in [0.4, 0.5) is 0 Å². The normalized spacial score (nSPS) is 25.7. The molecule has 26 heavy (non-hydrogen) atoms. The van der Waals surface area contributed by atoms with Crippen LogP contribution in [0.2, 0.25) is 0 Å². The molecule has 0 heterocycles. The molecule has 3 heteroatoms.